The van der Waals surface area contributed by atoms with Crippen LogP contribution in [0.2, 0.25) is 0 Å². The van der Waals surface area contributed by atoms with Gasteiger partial charge in [0.1, 0.15) is 5.75 Å². The van der Waals surface area contributed by atoms with Crippen LogP contribution in [0.1, 0.15) is 17.3 Å². The van der Waals surface area contributed by atoms with E-state index in [1.807, 2.05) is 19.1 Å². The zero-order chi connectivity index (χ0) is 13.8. The van der Waals surface area contributed by atoms with E-state index in [0.717, 1.165) is 5.69 Å². The Labute approximate surface area is 112 Å². The Morgan fingerprint density at radius 3 is 2.47 bits per heavy atom. The fraction of sp³-hybridized carbons (Fsp3) is 0.133. The molecule has 0 aromatic heterocycles. The number of nitrogen functional groups attached to an aromatic ring is 1. The molecule has 0 aliphatic rings. The Balaban J connectivity index is 2.31. The molecule has 0 saturated carbocycles. The summed E-state index contributed by atoms with van der Waals surface area (Å²) in [6, 6.07) is 13.4. The standard InChI is InChI=1S/C15H16N2O2/c1-2-17(13-5-3-4-12(16)10-13)15(19)11-6-8-14(18)9-7-11/h3-10,18H,2,16H2,1H3. The number of aromatic hydroxyl groups is 1. The van der Waals surface area contributed by atoms with Gasteiger partial charge >= 0.3 is 0 Å². The average Bonchev–Trinajstić information content (AvgIpc) is 2.40. The Kier molecular flexibility index (Phi) is 3.71. The molecule has 3 N–H and O–H groups in total. The normalized spacial score (nSPS) is 10.2. The van der Waals surface area contributed by atoms with Crippen LogP contribution in [0.3, 0.4) is 0 Å². The quantitative estimate of drug-likeness (QED) is 0.830. The molecule has 2 aromatic carbocycles. The second kappa shape index (κ2) is 5.44. The Hall–Kier alpha value is -2.49. The van der Waals surface area contributed by atoms with Crippen molar-refractivity contribution in [3.05, 3.63) is 54.1 Å². The van der Waals surface area contributed by atoms with Crippen LogP contribution in [0.5, 0.6) is 5.75 Å². The third kappa shape index (κ3) is 2.85. The molecule has 19 heavy (non-hydrogen) atoms. The van der Waals surface area contributed by atoms with Gasteiger partial charge in [-0.15, -0.1) is 0 Å². The summed E-state index contributed by atoms with van der Waals surface area (Å²) in [6.45, 7) is 2.45. The number of benzene rings is 2. The van der Waals surface area contributed by atoms with E-state index in [1.54, 1.807) is 29.2 Å². The molecular formula is C15H16N2O2. The van der Waals surface area contributed by atoms with Crippen LogP contribution in [0.25, 0.3) is 0 Å². The molecule has 4 nitrogen and oxygen atoms in total. The number of phenolic OH excluding ortho intramolecular Hbond substituents is 1. The van der Waals surface area contributed by atoms with Gasteiger partial charge in [-0.05, 0) is 49.4 Å². The minimum absolute atomic E-state index is 0.117. The summed E-state index contributed by atoms with van der Waals surface area (Å²) in [4.78, 5) is 14.0. The molecule has 2 rings (SSSR count). The molecule has 0 atom stereocenters. The van der Waals surface area contributed by atoms with Crippen molar-refractivity contribution < 1.29 is 9.90 Å². The number of nitrogens with zero attached hydrogens (tertiary/aromatic N) is 1. The first-order chi connectivity index (χ1) is 9.11. The summed E-state index contributed by atoms with van der Waals surface area (Å²) in [5.74, 6) is 0.0247. The van der Waals surface area contributed by atoms with Crippen LogP contribution < -0.4 is 10.6 Å². The molecule has 0 spiro atoms. The van der Waals surface area contributed by atoms with Gasteiger partial charge in [-0.1, -0.05) is 6.07 Å². The monoisotopic (exact) mass is 256 g/mol. The van der Waals surface area contributed by atoms with Gasteiger partial charge in [-0.3, -0.25) is 4.79 Å². The van der Waals surface area contributed by atoms with E-state index < -0.39 is 0 Å². The molecule has 0 bridgehead atoms. The zero-order valence-electron chi connectivity index (χ0n) is 10.7. The maximum atomic E-state index is 12.4. The number of carbonyl (C=O) groups excluding carboxylic acids is 1. The Bertz CT molecular complexity index is 579. The lowest BCUT2D eigenvalue weighted by atomic mass is 10.1. The van der Waals surface area contributed by atoms with Crippen LogP contribution in [0.4, 0.5) is 11.4 Å². The second-order valence-electron chi connectivity index (χ2n) is 4.19. The lowest BCUT2D eigenvalue weighted by molar-refractivity contribution is 0.0988. The predicted octanol–water partition coefficient (Wildman–Crippen LogP) is 2.64. The number of rotatable bonds is 3. The summed E-state index contributed by atoms with van der Waals surface area (Å²) in [5, 5.41) is 9.25. The van der Waals surface area contributed by atoms with Crippen molar-refractivity contribution in [1.29, 1.82) is 0 Å². The minimum Gasteiger partial charge on any atom is -0.508 e. The SMILES string of the molecule is CCN(C(=O)c1ccc(O)cc1)c1cccc(N)c1. The van der Waals surface area contributed by atoms with Gasteiger partial charge in [-0.2, -0.15) is 0 Å². The first-order valence-electron chi connectivity index (χ1n) is 6.08. The van der Waals surface area contributed by atoms with E-state index in [2.05, 4.69) is 0 Å². The fourth-order valence-corrected chi connectivity index (χ4v) is 1.90. The molecule has 0 saturated heterocycles. The number of carbonyl (C=O) groups is 1. The molecule has 0 aliphatic carbocycles. The summed E-state index contributed by atoms with van der Waals surface area (Å²) >= 11 is 0. The molecule has 1 amide bonds. The summed E-state index contributed by atoms with van der Waals surface area (Å²) in [5.41, 5.74) is 7.65. The van der Waals surface area contributed by atoms with Gasteiger partial charge in [0.05, 0.1) is 0 Å². The first kappa shape index (κ1) is 13.0. The largest absolute Gasteiger partial charge is 0.508 e. The van der Waals surface area contributed by atoms with E-state index in [-0.39, 0.29) is 11.7 Å². The van der Waals surface area contributed by atoms with Crippen LogP contribution in [-0.2, 0) is 0 Å². The maximum Gasteiger partial charge on any atom is 0.258 e. The van der Waals surface area contributed by atoms with Crippen molar-refractivity contribution in [1.82, 2.24) is 0 Å². The van der Waals surface area contributed by atoms with E-state index in [0.29, 0.717) is 17.8 Å². The lowest BCUT2D eigenvalue weighted by Crippen LogP contribution is -2.30. The zero-order valence-corrected chi connectivity index (χ0v) is 10.7. The molecule has 0 aliphatic heterocycles. The van der Waals surface area contributed by atoms with Gasteiger partial charge in [0.2, 0.25) is 0 Å². The Morgan fingerprint density at radius 2 is 1.89 bits per heavy atom. The van der Waals surface area contributed by atoms with Crippen molar-refractivity contribution in [3.8, 4) is 5.75 Å². The highest BCUT2D eigenvalue weighted by Gasteiger charge is 2.15. The summed E-state index contributed by atoms with van der Waals surface area (Å²) in [7, 11) is 0. The van der Waals surface area contributed by atoms with Crippen molar-refractivity contribution >= 4 is 17.3 Å². The first-order valence-corrected chi connectivity index (χ1v) is 6.08. The van der Waals surface area contributed by atoms with Gasteiger partial charge in [-0.25, -0.2) is 0 Å². The number of amides is 1. The summed E-state index contributed by atoms with van der Waals surface area (Å²) < 4.78 is 0. The average molecular weight is 256 g/mol. The van der Waals surface area contributed by atoms with E-state index in [4.69, 9.17) is 5.73 Å². The number of hydrogen-bond donors (Lipinski definition) is 2. The van der Waals surface area contributed by atoms with E-state index in [1.165, 1.54) is 12.1 Å². The second-order valence-corrected chi connectivity index (χ2v) is 4.19. The third-order valence-corrected chi connectivity index (χ3v) is 2.86. The molecule has 0 radical (unpaired) electrons. The topological polar surface area (TPSA) is 66.6 Å². The molecule has 2 aromatic rings. The Morgan fingerprint density at radius 1 is 1.21 bits per heavy atom. The lowest BCUT2D eigenvalue weighted by Gasteiger charge is -2.21. The summed E-state index contributed by atoms with van der Waals surface area (Å²) in [6.07, 6.45) is 0. The molecule has 4 heteroatoms. The highest BCUT2D eigenvalue weighted by atomic mass is 16.3. The van der Waals surface area contributed by atoms with Crippen LogP contribution in [0, 0.1) is 0 Å². The number of hydrogen-bond acceptors (Lipinski definition) is 3. The van der Waals surface area contributed by atoms with Crippen molar-refractivity contribution in [3.63, 3.8) is 0 Å². The van der Waals surface area contributed by atoms with Crippen molar-refractivity contribution in [2.75, 3.05) is 17.2 Å². The number of phenols is 1. The van der Waals surface area contributed by atoms with Crippen LogP contribution in [0.15, 0.2) is 48.5 Å². The fourth-order valence-electron chi connectivity index (χ4n) is 1.90. The molecule has 0 unspecified atom stereocenters. The maximum absolute atomic E-state index is 12.4. The van der Waals surface area contributed by atoms with Gasteiger partial charge in [0, 0.05) is 23.5 Å². The predicted molar refractivity (Wildman–Crippen MR) is 76.3 cm³/mol. The van der Waals surface area contributed by atoms with Gasteiger partial charge < -0.3 is 15.7 Å². The molecule has 0 fully saturated rings. The molecule has 0 heterocycles. The number of anilines is 2. The van der Waals surface area contributed by atoms with Gasteiger partial charge in [0.15, 0.2) is 0 Å². The van der Waals surface area contributed by atoms with Crippen LogP contribution in [-0.4, -0.2) is 17.6 Å². The minimum atomic E-state index is -0.117. The number of nitrogens with two attached hydrogens (primary N) is 1. The van der Waals surface area contributed by atoms with Crippen molar-refractivity contribution in [2.24, 2.45) is 0 Å². The highest BCUT2D eigenvalue weighted by molar-refractivity contribution is 6.06. The smallest absolute Gasteiger partial charge is 0.258 e. The van der Waals surface area contributed by atoms with E-state index >= 15 is 0 Å². The van der Waals surface area contributed by atoms with Crippen molar-refractivity contribution in [2.45, 2.75) is 6.92 Å². The molecular weight excluding hydrogens is 240 g/mol. The molecule has 98 valence electrons. The van der Waals surface area contributed by atoms with Crippen LogP contribution >= 0.6 is 0 Å². The van der Waals surface area contributed by atoms with E-state index in [9.17, 15) is 9.90 Å². The highest BCUT2D eigenvalue weighted by Crippen LogP contribution is 2.20. The van der Waals surface area contributed by atoms with Gasteiger partial charge in [0.25, 0.3) is 5.91 Å². The third-order valence-electron chi connectivity index (χ3n) is 2.86.